The molecule has 1 aromatic rings. The van der Waals surface area contributed by atoms with E-state index in [-0.39, 0.29) is 12.5 Å². The lowest BCUT2D eigenvalue weighted by Crippen LogP contribution is -2.51. The van der Waals surface area contributed by atoms with Crippen molar-refractivity contribution in [3.8, 4) is 0 Å². The van der Waals surface area contributed by atoms with Crippen molar-refractivity contribution in [2.45, 2.75) is 32.1 Å². The Morgan fingerprint density at radius 2 is 1.82 bits per heavy atom. The summed E-state index contributed by atoms with van der Waals surface area (Å²) in [5.74, 6) is -1.09. The van der Waals surface area contributed by atoms with Crippen LogP contribution in [0.4, 0.5) is 0 Å². The van der Waals surface area contributed by atoms with Gasteiger partial charge in [-0.1, -0.05) is 29.8 Å². The number of likely N-dealkylation sites (N-methyl/N-ethyl adjacent to an activating group) is 1. The second kappa shape index (κ2) is 6.92. The number of nitrogens with zero attached hydrogens (tertiary/aromatic N) is 1. The largest absolute Gasteiger partial charge is 0.480 e. The summed E-state index contributed by atoms with van der Waals surface area (Å²) in [5, 5.41) is 9.03. The zero-order valence-corrected chi connectivity index (χ0v) is 13.2. The van der Waals surface area contributed by atoms with Crippen molar-refractivity contribution in [3.63, 3.8) is 0 Å². The topological polar surface area (TPSA) is 66.8 Å². The van der Waals surface area contributed by atoms with E-state index in [0.29, 0.717) is 32.6 Å². The fraction of sp³-hybridized carbons (Fsp3) is 0.529. The molecule has 1 aromatic carbocycles. The Hall–Kier alpha value is -1.88. The standard InChI is InChI=1S/C17H23NO4/c1-3-18(12-15(19)20)16(21)17(8-10-22-11-9-17)14-6-4-13(2)5-7-14/h4-7H,3,8-12H2,1-2H3,(H,19,20). The normalized spacial score (nSPS) is 17.0. The number of carboxylic acid groups (broad SMARTS) is 1. The molecule has 22 heavy (non-hydrogen) atoms. The van der Waals surface area contributed by atoms with Gasteiger partial charge in [0.2, 0.25) is 5.91 Å². The van der Waals surface area contributed by atoms with Gasteiger partial charge in [-0.05, 0) is 32.3 Å². The first-order valence-electron chi connectivity index (χ1n) is 7.65. The number of hydrogen-bond donors (Lipinski definition) is 1. The van der Waals surface area contributed by atoms with E-state index in [2.05, 4.69) is 0 Å². The number of carbonyl (C=O) groups excluding carboxylic acids is 1. The minimum Gasteiger partial charge on any atom is -0.480 e. The highest BCUT2D eigenvalue weighted by molar-refractivity contribution is 5.90. The van der Waals surface area contributed by atoms with Crippen LogP contribution in [-0.4, -0.2) is 48.2 Å². The average Bonchev–Trinajstić information content (AvgIpc) is 2.53. The van der Waals surface area contributed by atoms with Gasteiger partial charge in [0.15, 0.2) is 0 Å². The summed E-state index contributed by atoms with van der Waals surface area (Å²) in [6.45, 7) is 4.98. The third-order valence-corrected chi connectivity index (χ3v) is 4.35. The van der Waals surface area contributed by atoms with Gasteiger partial charge in [-0.3, -0.25) is 9.59 Å². The van der Waals surface area contributed by atoms with Crippen molar-refractivity contribution in [3.05, 3.63) is 35.4 Å². The predicted molar refractivity (Wildman–Crippen MR) is 82.8 cm³/mol. The molecule has 1 aliphatic heterocycles. The van der Waals surface area contributed by atoms with Crippen LogP contribution in [0.5, 0.6) is 0 Å². The second-order valence-electron chi connectivity index (χ2n) is 5.77. The Morgan fingerprint density at radius 3 is 2.32 bits per heavy atom. The van der Waals surface area contributed by atoms with Crippen LogP contribution in [0.2, 0.25) is 0 Å². The first kappa shape index (κ1) is 16.5. The maximum absolute atomic E-state index is 13.1. The van der Waals surface area contributed by atoms with Crippen molar-refractivity contribution in [2.24, 2.45) is 0 Å². The molecular weight excluding hydrogens is 282 g/mol. The second-order valence-corrected chi connectivity index (χ2v) is 5.77. The van der Waals surface area contributed by atoms with Crippen LogP contribution < -0.4 is 0 Å². The van der Waals surface area contributed by atoms with E-state index in [4.69, 9.17) is 9.84 Å². The van der Waals surface area contributed by atoms with Crippen molar-refractivity contribution in [2.75, 3.05) is 26.3 Å². The maximum Gasteiger partial charge on any atom is 0.323 e. The van der Waals surface area contributed by atoms with Crippen LogP contribution in [0.25, 0.3) is 0 Å². The van der Waals surface area contributed by atoms with Gasteiger partial charge in [0.25, 0.3) is 0 Å². The molecular formula is C17H23NO4. The van der Waals surface area contributed by atoms with Crippen LogP contribution in [0.1, 0.15) is 30.9 Å². The molecule has 5 nitrogen and oxygen atoms in total. The number of carbonyl (C=O) groups is 2. The molecule has 0 atom stereocenters. The molecule has 5 heteroatoms. The molecule has 0 spiro atoms. The molecule has 1 fully saturated rings. The van der Waals surface area contributed by atoms with Gasteiger partial charge in [0, 0.05) is 19.8 Å². The summed E-state index contributed by atoms with van der Waals surface area (Å²) in [6.07, 6.45) is 1.18. The monoisotopic (exact) mass is 305 g/mol. The Bertz CT molecular complexity index is 532. The molecule has 0 unspecified atom stereocenters. The molecule has 0 aliphatic carbocycles. The lowest BCUT2D eigenvalue weighted by molar-refractivity contribution is -0.149. The Kier molecular flexibility index (Phi) is 5.19. The Morgan fingerprint density at radius 1 is 1.23 bits per heavy atom. The third-order valence-electron chi connectivity index (χ3n) is 4.35. The van der Waals surface area contributed by atoms with E-state index in [1.807, 2.05) is 38.1 Å². The highest BCUT2D eigenvalue weighted by Gasteiger charge is 2.44. The van der Waals surface area contributed by atoms with E-state index in [1.165, 1.54) is 4.90 Å². The van der Waals surface area contributed by atoms with Crippen LogP contribution >= 0.6 is 0 Å². The van der Waals surface area contributed by atoms with Gasteiger partial charge < -0.3 is 14.7 Å². The zero-order chi connectivity index (χ0) is 16.2. The van der Waals surface area contributed by atoms with E-state index in [1.54, 1.807) is 0 Å². The summed E-state index contributed by atoms with van der Waals surface area (Å²) >= 11 is 0. The molecule has 0 saturated carbocycles. The molecule has 1 heterocycles. The van der Waals surface area contributed by atoms with E-state index in [0.717, 1.165) is 11.1 Å². The number of aryl methyl sites for hydroxylation is 1. The fourth-order valence-corrected chi connectivity index (χ4v) is 3.01. The summed E-state index contributed by atoms with van der Waals surface area (Å²) in [5.41, 5.74) is 1.42. The molecule has 0 bridgehead atoms. The molecule has 0 radical (unpaired) electrons. The molecule has 1 aliphatic rings. The lowest BCUT2D eigenvalue weighted by atomic mass is 9.72. The number of amides is 1. The summed E-state index contributed by atoms with van der Waals surface area (Å²) in [7, 11) is 0. The van der Waals surface area contributed by atoms with E-state index in [9.17, 15) is 9.59 Å². The van der Waals surface area contributed by atoms with Gasteiger partial charge in [0.1, 0.15) is 6.54 Å². The predicted octanol–water partition coefficient (Wildman–Crippen LogP) is 1.98. The number of rotatable bonds is 5. The fourth-order valence-electron chi connectivity index (χ4n) is 3.01. The van der Waals surface area contributed by atoms with E-state index < -0.39 is 11.4 Å². The highest BCUT2D eigenvalue weighted by Crippen LogP contribution is 2.37. The number of aliphatic carboxylic acids is 1. The number of benzene rings is 1. The van der Waals surface area contributed by atoms with Crippen molar-refractivity contribution >= 4 is 11.9 Å². The number of carboxylic acids is 1. The van der Waals surface area contributed by atoms with Gasteiger partial charge in [-0.2, -0.15) is 0 Å². The van der Waals surface area contributed by atoms with Crippen molar-refractivity contribution in [1.82, 2.24) is 4.90 Å². The first-order chi connectivity index (χ1) is 10.5. The maximum atomic E-state index is 13.1. The first-order valence-corrected chi connectivity index (χ1v) is 7.65. The Balaban J connectivity index is 2.38. The molecule has 2 rings (SSSR count). The average molecular weight is 305 g/mol. The van der Waals surface area contributed by atoms with Gasteiger partial charge in [-0.15, -0.1) is 0 Å². The van der Waals surface area contributed by atoms with Crippen LogP contribution in [0.3, 0.4) is 0 Å². The van der Waals surface area contributed by atoms with Crippen LogP contribution in [0, 0.1) is 6.92 Å². The molecule has 120 valence electrons. The lowest BCUT2D eigenvalue weighted by Gasteiger charge is -2.39. The van der Waals surface area contributed by atoms with Crippen LogP contribution in [0.15, 0.2) is 24.3 Å². The summed E-state index contributed by atoms with van der Waals surface area (Å²) in [6, 6.07) is 7.95. The number of ether oxygens (including phenoxy) is 1. The highest BCUT2D eigenvalue weighted by atomic mass is 16.5. The van der Waals surface area contributed by atoms with E-state index >= 15 is 0 Å². The molecule has 1 amide bonds. The molecule has 1 saturated heterocycles. The minimum atomic E-state index is -0.985. The quantitative estimate of drug-likeness (QED) is 0.903. The van der Waals surface area contributed by atoms with Gasteiger partial charge in [0.05, 0.1) is 5.41 Å². The SMILES string of the molecule is CCN(CC(=O)O)C(=O)C1(c2ccc(C)cc2)CCOCC1. The zero-order valence-electron chi connectivity index (χ0n) is 13.2. The molecule has 1 N–H and O–H groups in total. The Labute approximate surface area is 130 Å². The number of hydrogen-bond acceptors (Lipinski definition) is 3. The van der Waals surface area contributed by atoms with Crippen molar-refractivity contribution < 1.29 is 19.4 Å². The van der Waals surface area contributed by atoms with Crippen molar-refractivity contribution in [1.29, 1.82) is 0 Å². The smallest absolute Gasteiger partial charge is 0.323 e. The molecule has 0 aromatic heterocycles. The van der Waals surface area contributed by atoms with Gasteiger partial charge >= 0.3 is 5.97 Å². The van der Waals surface area contributed by atoms with Gasteiger partial charge in [-0.25, -0.2) is 0 Å². The minimum absolute atomic E-state index is 0.107. The summed E-state index contributed by atoms with van der Waals surface area (Å²) in [4.78, 5) is 25.5. The third kappa shape index (κ3) is 3.30. The van der Waals surface area contributed by atoms with Crippen LogP contribution in [-0.2, 0) is 19.7 Å². The summed E-state index contributed by atoms with van der Waals surface area (Å²) < 4.78 is 5.43.